The summed E-state index contributed by atoms with van der Waals surface area (Å²) < 4.78 is 13.0. The van der Waals surface area contributed by atoms with Crippen LogP contribution < -0.4 is 9.80 Å². The van der Waals surface area contributed by atoms with Crippen molar-refractivity contribution in [3.63, 3.8) is 0 Å². The molecule has 0 fully saturated rings. The Kier molecular flexibility index (Phi) is 11.6. The van der Waals surface area contributed by atoms with Gasteiger partial charge in [-0.05, 0) is 131 Å². The molecule has 0 aliphatic heterocycles. The minimum atomic E-state index is 0.896. The van der Waals surface area contributed by atoms with E-state index >= 15 is 0 Å². The zero-order chi connectivity index (χ0) is 52.1. The van der Waals surface area contributed by atoms with Crippen LogP contribution in [0.3, 0.4) is 0 Å². The summed E-state index contributed by atoms with van der Waals surface area (Å²) in [6, 6.07) is 99.8. The molecule has 14 rings (SSSR count). The van der Waals surface area contributed by atoms with Crippen LogP contribution in [0.25, 0.3) is 99.5 Å². The molecule has 0 spiro atoms. The molecule has 0 N–H and O–H groups in total. The molecule has 4 heteroatoms. The lowest BCUT2D eigenvalue weighted by Crippen LogP contribution is -2.12. The Balaban J connectivity index is 0.845. The summed E-state index contributed by atoms with van der Waals surface area (Å²) in [6.45, 7) is 4.47. The lowest BCUT2D eigenvalue weighted by molar-refractivity contribution is 0.669. The van der Waals surface area contributed by atoms with Gasteiger partial charge in [-0.2, -0.15) is 0 Å². The number of benzene rings is 12. The van der Waals surface area contributed by atoms with Gasteiger partial charge in [-0.1, -0.05) is 206 Å². The Bertz CT molecular complexity index is 4220. The first-order valence-corrected chi connectivity index (χ1v) is 26.6. The third kappa shape index (κ3) is 8.19. The van der Waals surface area contributed by atoms with Crippen molar-refractivity contribution in [1.82, 2.24) is 0 Å². The van der Waals surface area contributed by atoms with E-state index in [-0.39, 0.29) is 0 Å². The van der Waals surface area contributed by atoms with Crippen molar-refractivity contribution in [1.29, 1.82) is 0 Å². The van der Waals surface area contributed by atoms with Crippen molar-refractivity contribution < 1.29 is 8.83 Å². The van der Waals surface area contributed by atoms with Crippen LogP contribution in [0.5, 0.6) is 0 Å². The Hall–Kier alpha value is -10.2. The third-order valence-electron chi connectivity index (χ3n) is 15.4. The second-order valence-electron chi connectivity index (χ2n) is 20.1. The largest absolute Gasteiger partial charge is 0.455 e. The molecule has 0 amide bonds. The van der Waals surface area contributed by atoms with Gasteiger partial charge in [0.05, 0.1) is 11.4 Å². The lowest BCUT2D eigenvalue weighted by Gasteiger charge is -2.29. The summed E-state index contributed by atoms with van der Waals surface area (Å²) in [5.74, 6) is 0. The highest BCUT2D eigenvalue weighted by Crippen LogP contribution is 2.47. The molecular weight excluding hydrogens is 949 g/mol. The quantitative estimate of drug-likeness (QED) is 0.129. The van der Waals surface area contributed by atoms with Crippen LogP contribution in [-0.4, -0.2) is 0 Å². The summed E-state index contributed by atoms with van der Waals surface area (Å²) in [7, 11) is 0. The predicted molar refractivity (Wildman–Crippen MR) is 327 cm³/mol. The highest BCUT2D eigenvalue weighted by Gasteiger charge is 2.22. The zero-order valence-corrected chi connectivity index (χ0v) is 43.3. The summed E-state index contributed by atoms with van der Waals surface area (Å²) >= 11 is 0. The predicted octanol–water partition coefficient (Wildman–Crippen LogP) is 21.4. The van der Waals surface area contributed by atoms with E-state index in [1.165, 1.54) is 22.3 Å². The molecule has 0 atom stereocenters. The van der Waals surface area contributed by atoms with Gasteiger partial charge in [-0.3, -0.25) is 0 Å². The van der Waals surface area contributed by atoms with Gasteiger partial charge in [0.2, 0.25) is 0 Å². The van der Waals surface area contributed by atoms with Crippen molar-refractivity contribution in [3.05, 3.63) is 290 Å². The van der Waals surface area contributed by atoms with Gasteiger partial charge in [0.1, 0.15) is 22.3 Å². The molecule has 370 valence electrons. The Labute approximate surface area is 454 Å². The number of anilines is 6. The molecule has 0 saturated carbocycles. The number of fused-ring (bicyclic) bond motifs is 6. The van der Waals surface area contributed by atoms with Gasteiger partial charge in [-0.15, -0.1) is 0 Å². The highest BCUT2D eigenvalue weighted by atomic mass is 16.3. The highest BCUT2D eigenvalue weighted by molar-refractivity contribution is 6.11. The topological polar surface area (TPSA) is 32.8 Å². The Morgan fingerprint density at radius 2 is 0.577 bits per heavy atom. The molecule has 4 nitrogen and oxygen atoms in total. The fourth-order valence-corrected chi connectivity index (χ4v) is 11.6. The molecule has 0 unspecified atom stereocenters. The van der Waals surface area contributed by atoms with Crippen molar-refractivity contribution >= 4 is 78.0 Å². The van der Waals surface area contributed by atoms with E-state index in [1.54, 1.807) is 0 Å². The minimum absolute atomic E-state index is 0.896. The van der Waals surface area contributed by atoms with Crippen molar-refractivity contribution in [2.75, 3.05) is 9.80 Å². The van der Waals surface area contributed by atoms with Gasteiger partial charge in [-0.25, -0.2) is 0 Å². The maximum Gasteiger partial charge on any atom is 0.143 e. The van der Waals surface area contributed by atoms with Crippen LogP contribution in [0.15, 0.2) is 288 Å². The van der Waals surface area contributed by atoms with Gasteiger partial charge in [0.25, 0.3) is 0 Å². The molecule has 0 aliphatic rings. The van der Waals surface area contributed by atoms with Crippen LogP contribution in [0.4, 0.5) is 34.1 Å². The van der Waals surface area contributed by atoms with Gasteiger partial charge in [0, 0.05) is 66.5 Å². The summed E-state index contributed by atoms with van der Waals surface area (Å²) in [4.78, 5) is 4.79. The van der Waals surface area contributed by atoms with Crippen LogP contribution in [0.1, 0.15) is 11.1 Å². The number of aryl methyl sites for hydroxylation is 2. The van der Waals surface area contributed by atoms with Gasteiger partial charge < -0.3 is 18.6 Å². The first kappa shape index (κ1) is 46.4. The first-order valence-electron chi connectivity index (χ1n) is 26.6. The molecule has 0 bridgehead atoms. The number of para-hydroxylation sites is 6. The maximum absolute atomic E-state index is 6.49. The lowest BCUT2D eigenvalue weighted by atomic mass is 9.94. The Morgan fingerprint density at radius 3 is 1.00 bits per heavy atom. The van der Waals surface area contributed by atoms with E-state index in [9.17, 15) is 0 Å². The first-order chi connectivity index (χ1) is 38.5. The summed E-state index contributed by atoms with van der Waals surface area (Å²) in [5, 5.41) is 4.50. The summed E-state index contributed by atoms with van der Waals surface area (Å²) in [6.07, 6.45) is 0. The smallest absolute Gasteiger partial charge is 0.143 e. The van der Waals surface area contributed by atoms with Crippen molar-refractivity contribution in [2.24, 2.45) is 0 Å². The zero-order valence-electron chi connectivity index (χ0n) is 43.3. The average Bonchev–Trinajstić information content (AvgIpc) is 4.25. The molecule has 12 aromatic carbocycles. The van der Waals surface area contributed by atoms with E-state index in [2.05, 4.69) is 278 Å². The fourth-order valence-electron chi connectivity index (χ4n) is 11.6. The molecule has 14 aromatic rings. The SMILES string of the molecule is Cc1cc(N(c2ccc(-c3cccc4c3oc3ccccc34)cc2)c2ccccc2-c2ccccc2)ccc1-c1ccc(N(c2ccc(-c3cccc4c3oc3ccccc34)cc2)c2ccccc2-c2ccccc2)cc1C. The second kappa shape index (κ2) is 19.5. The van der Waals surface area contributed by atoms with Crippen LogP contribution >= 0.6 is 0 Å². The standard InChI is InChI=1S/C74H52N2O2/c1-49-47-57(75(69-31-13-9-23-61(69)51-19-5-3-6-20-51)55-39-35-53(36-40-55)63-27-17-29-67-65-25-11-15-33-71(65)77-73(63)67)43-45-59(49)60-46-44-58(48-50(60)2)76(70-32-14-10-24-62(70)52-21-7-4-8-22-52)56-41-37-54(38-42-56)64-28-18-30-68-66-26-12-16-34-72(66)78-74(64)68/h3-48H,1-2H3. The molecule has 2 heterocycles. The number of furan rings is 2. The maximum atomic E-state index is 6.49. The fraction of sp³-hybridized carbons (Fsp3) is 0.0270. The van der Waals surface area contributed by atoms with E-state index in [4.69, 9.17) is 8.83 Å². The molecule has 0 saturated heterocycles. The van der Waals surface area contributed by atoms with Crippen molar-refractivity contribution in [3.8, 4) is 55.6 Å². The molecule has 78 heavy (non-hydrogen) atoms. The van der Waals surface area contributed by atoms with Gasteiger partial charge in [0.15, 0.2) is 0 Å². The number of rotatable bonds is 11. The number of hydrogen-bond donors (Lipinski definition) is 0. The summed E-state index contributed by atoms with van der Waals surface area (Å²) in [5.41, 5.74) is 23.8. The Morgan fingerprint density at radius 1 is 0.244 bits per heavy atom. The van der Waals surface area contributed by atoms with Crippen LogP contribution in [-0.2, 0) is 0 Å². The number of nitrogens with zero attached hydrogens (tertiary/aromatic N) is 2. The van der Waals surface area contributed by atoms with Gasteiger partial charge >= 0.3 is 0 Å². The minimum Gasteiger partial charge on any atom is -0.455 e. The molecule has 0 radical (unpaired) electrons. The second-order valence-corrected chi connectivity index (χ2v) is 20.1. The monoisotopic (exact) mass is 1000 g/mol. The molecule has 0 aliphatic carbocycles. The van der Waals surface area contributed by atoms with E-state index in [0.717, 1.165) is 123 Å². The van der Waals surface area contributed by atoms with Crippen molar-refractivity contribution in [2.45, 2.75) is 13.8 Å². The van der Waals surface area contributed by atoms with Crippen LogP contribution in [0.2, 0.25) is 0 Å². The van der Waals surface area contributed by atoms with E-state index in [1.807, 2.05) is 24.3 Å². The van der Waals surface area contributed by atoms with E-state index in [0.29, 0.717) is 0 Å². The third-order valence-corrected chi connectivity index (χ3v) is 15.4. The van der Waals surface area contributed by atoms with E-state index < -0.39 is 0 Å². The normalized spacial score (nSPS) is 11.5. The average molecular weight is 1000 g/mol. The molecular formula is C74H52N2O2. The van der Waals surface area contributed by atoms with Crippen LogP contribution in [0, 0.1) is 13.8 Å². The molecule has 2 aromatic heterocycles. The number of hydrogen-bond acceptors (Lipinski definition) is 4.